The minimum absolute atomic E-state index is 0.0211. The van der Waals surface area contributed by atoms with Crippen LogP contribution >= 0.6 is 0 Å². The summed E-state index contributed by atoms with van der Waals surface area (Å²) in [6.07, 6.45) is 11.1. The van der Waals surface area contributed by atoms with E-state index in [-0.39, 0.29) is 35.0 Å². The quantitative estimate of drug-likeness (QED) is 0.424. The van der Waals surface area contributed by atoms with Crippen molar-refractivity contribution in [3.05, 3.63) is 47.5 Å². The highest BCUT2D eigenvalue weighted by Gasteiger charge is 2.59. The van der Waals surface area contributed by atoms with Crippen molar-refractivity contribution in [2.45, 2.75) is 84.3 Å². The first kappa shape index (κ1) is 21.7. The van der Waals surface area contributed by atoms with E-state index in [1.807, 2.05) is 30.3 Å². The van der Waals surface area contributed by atoms with Crippen molar-refractivity contribution in [1.82, 2.24) is 0 Å². The number of carbonyl (C=O) groups excluding carboxylic acids is 2. The summed E-state index contributed by atoms with van der Waals surface area (Å²) >= 11 is 0. The van der Waals surface area contributed by atoms with E-state index in [2.05, 4.69) is 19.9 Å². The molecular weight excluding hydrogens is 400 g/mol. The van der Waals surface area contributed by atoms with Crippen LogP contribution < -0.4 is 0 Å². The van der Waals surface area contributed by atoms with E-state index < -0.39 is 0 Å². The van der Waals surface area contributed by atoms with E-state index in [1.54, 1.807) is 6.92 Å². The minimum Gasteiger partial charge on any atom is -0.462 e. The number of rotatable bonds is 3. The van der Waals surface area contributed by atoms with Crippen LogP contribution in [0.3, 0.4) is 0 Å². The minimum atomic E-state index is -0.204. The summed E-state index contributed by atoms with van der Waals surface area (Å²) in [5, 5.41) is 0. The van der Waals surface area contributed by atoms with Crippen LogP contribution in [0.15, 0.2) is 42.0 Å². The third kappa shape index (κ3) is 3.50. The number of fused-ring (bicyclic) bond motifs is 5. The Bertz CT molecular complexity index is 921. The maximum absolute atomic E-state index is 12.6. The molecule has 0 aromatic heterocycles. The van der Waals surface area contributed by atoms with Crippen LogP contribution in [-0.2, 0) is 14.3 Å². The molecule has 5 rings (SSSR count). The number of hydrogen-bond acceptors (Lipinski definition) is 4. The lowest BCUT2D eigenvalue weighted by Gasteiger charge is -2.57. The summed E-state index contributed by atoms with van der Waals surface area (Å²) in [7, 11) is 0. The van der Waals surface area contributed by atoms with Gasteiger partial charge < -0.3 is 9.47 Å². The van der Waals surface area contributed by atoms with Gasteiger partial charge in [0.1, 0.15) is 12.2 Å². The van der Waals surface area contributed by atoms with Crippen molar-refractivity contribution in [1.29, 1.82) is 0 Å². The molecule has 1 aromatic carbocycles. The van der Waals surface area contributed by atoms with Crippen molar-refractivity contribution in [3.8, 4) is 0 Å². The van der Waals surface area contributed by atoms with Crippen LogP contribution in [0.2, 0.25) is 0 Å². The highest BCUT2D eigenvalue weighted by atomic mass is 16.5. The number of ether oxygens (including phenoxy) is 2. The van der Waals surface area contributed by atoms with Gasteiger partial charge in [-0.25, -0.2) is 4.79 Å². The second-order valence-electron chi connectivity index (χ2n) is 11.1. The van der Waals surface area contributed by atoms with Crippen molar-refractivity contribution < 1.29 is 19.1 Å². The summed E-state index contributed by atoms with van der Waals surface area (Å²) < 4.78 is 11.7. The summed E-state index contributed by atoms with van der Waals surface area (Å²) in [6.45, 7) is 6.38. The fourth-order valence-electron chi connectivity index (χ4n) is 7.87. The Morgan fingerprint density at radius 3 is 2.47 bits per heavy atom. The van der Waals surface area contributed by atoms with Gasteiger partial charge in [0.2, 0.25) is 0 Å². The predicted molar refractivity (Wildman–Crippen MR) is 123 cm³/mol. The highest BCUT2D eigenvalue weighted by molar-refractivity contribution is 5.89. The maximum atomic E-state index is 12.6. The largest absolute Gasteiger partial charge is 0.462 e. The van der Waals surface area contributed by atoms with E-state index in [0.29, 0.717) is 23.3 Å². The van der Waals surface area contributed by atoms with Crippen LogP contribution in [0.1, 0.15) is 82.5 Å². The van der Waals surface area contributed by atoms with Gasteiger partial charge in [0.15, 0.2) is 0 Å². The number of benzene rings is 1. The summed E-state index contributed by atoms with van der Waals surface area (Å²) in [6, 6.07) is 9.32. The molecule has 0 amide bonds. The third-order valence-corrected chi connectivity index (χ3v) is 9.56. The number of allylic oxidation sites excluding steroid dienone is 1. The van der Waals surface area contributed by atoms with Crippen molar-refractivity contribution in [3.63, 3.8) is 0 Å². The highest BCUT2D eigenvalue weighted by Crippen LogP contribution is 2.65. The van der Waals surface area contributed by atoms with Crippen molar-refractivity contribution in [2.24, 2.45) is 28.6 Å². The Balaban J connectivity index is 1.31. The Hall–Kier alpha value is -2.10. The van der Waals surface area contributed by atoms with Crippen molar-refractivity contribution in [2.75, 3.05) is 0 Å². The molecule has 0 heterocycles. The van der Waals surface area contributed by atoms with E-state index in [4.69, 9.17) is 9.47 Å². The van der Waals surface area contributed by atoms with Crippen molar-refractivity contribution >= 4 is 11.9 Å². The standard InChI is InChI=1S/C28H36O4/c1-18(29)31-25-12-11-23-22-10-9-20-17-21(32-26(30)19-7-5-4-6-8-19)13-15-27(20,2)24(22)14-16-28(23,25)3/h4-9,21-25H,10-17H2,1-3H3/t21-,22+,23+,24+,25-,27-,28-/m0/s1. The molecule has 0 aliphatic heterocycles. The molecule has 7 atom stereocenters. The zero-order valence-electron chi connectivity index (χ0n) is 19.6. The molecule has 0 saturated heterocycles. The molecule has 0 spiro atoms. The number of hydrogen-bond donors (Lipinski definition) is 0. The first-order valence-electron chi connectivity index (χ1n) is 12.4. The average Bonchev–Trinajstić information content (AvgIpc) is 3.10. The van der Waals surface area contributed by atoms with Gasteiger partial charge >= 0.3 is 11.9 Å². The van der Waals surface area contributed by atoms with Crippen LogP contribution in [0.5, 0.6) is 0 Å². The molecule has 0 N–H and O–H groups in total. The Kier molecular flexibility index (Phi) is 5.46. The second kappa shape index (κ2) is 8.04. The molecule has 0 radical (unpaired) electrons. The van der Waals surface area contributed by atoms with Crippen LogP contribution in [0.4, 0.5) is 0 Å². The van der Waals surface area contributed by atoms with Crippen LogP contribution in [-0.4, -0.2) is 24.1 Å². The third-order valence-electron chi connectivity index (χ3n) is 9.56. The smallest absolute Gasteiger partial charge is 0.338 e. The molecule has 3 fully saturated rings. The molecule has 4 nitrogen and oxygen atoms in total. The molecule has 4 aliphatic rings. The maximum Gasteiger partial charge on any atom is 0.338 e. The molecule has 4 aliphatic carbocycles. The van der Waals surface area contributed by atoms with E-state index in [0.717, 1.165) is 38.5 Å². The van der Waals surface area contributed by atoms with Crippen LogP contribution in [0, 0.1) is 28.6 Å². The lowest BCUT2D eigenvalue weighted by Crippen LogP contribution is -2.51. The normalized spacial score (nSPS) is 40.3. The van der Waals surface area contributed by atoms with Gasteiger partial charge in [-0.3, -0.25) is 4.79 Å². The van der Waals surface area contributed by atoms with Gasteiger partial charge in [0.25, 0.3) is 0 Å². The first-order chi connectivity index (χ1) is 15.3. The SMILES string of the molecule is CC(=O)O[C@H]1CC[C@@H]2[C@H]3CC=C4C[C@@H](OC(=O)c5ccccc5)CC[C@]4(C)[C@@H]3CC[C@]12C. The fourth-order valence-corrected chi connectivity index (χ4v) is 7.87. The lowest BCUT2D eigenvalue weighted by atomic mass is 9.48. The molecule has 3 saturated carbocycles. The topological polar surface area (TPSA) is 52.6 Å². The van der Waals surface area contributed by atoms with Gasteiger partial charge in [-0.2, -0.15) is 0 Å². The van der Waals surface area contributed by atoms with Gasteiger partial charge in [0.05, 0.1) is 5.56 Å². The van der Waals surface area contributed by atoms with E-state index >= 15 is 0 Å². The van der Waals surface area contributed by atoms with Crippen LogP contribution in [0.25, 0.3) is 0 Å². The average molecular weight is 437 g/mol. The van der Waals surface area contributed by atoms with E-state index in [9.17, 15) is 9.59 Å². The summed E-state index contributed by atoms with van der Waals surface area (Å²) in [5.74, 6) is 1.65. The summed E-state index contributed by atoms with van der Waals surface area (Å²) in [4.78, 5) is 24.2. The number of carbonyl (C=O) groups is 2. The molecule has 172 valence electrons. The molecule has 0 bridgehead atoms. The van der Waals surface area contributed by atoms with Gasteiger partial charge in [0, 0.05) is 18.8 Å². The monoisotopic (exact) mass is 436 g/mol. The second-order valence-corrected chi connectivity index (χ2v) is 11.1. The zero-order chi connectivity index (χ0) is 22.5. The Morgan fingerprint density at radius 2 is 1.72 bits per heavy atom. The predicted octanol–water partition coefficient (Wildman–Crippen LogP) is 6.11. The van der Waals surface area contributed by atoms with Gasteiger partial charge in [-0.05, 0) is 80.2 Å². The summed E-state index contributed by atoms with van der Waals surface area (Å²) in [5.41, 5.74) is 2.47. The zero-order valence-corrected chi connectivity index (χ0v) is 19.6. The molecule has 32 heavy (non-hydrogen) atoms. The van der Waals surface area contributed by atoms with Gasteiger partial charge in [-0.1, -0.05) is 43.7 Å². The molecular formula is C28H36O4. The van der Waals surface area contributed by atoms with Gasteiger partial charge in [-0.15, -0.1) is 0 Å². The molecule has 0 unspecified atom stereocenters. The lowest BCUT2D eigenvalue weighted by molar-refractivity contribution is -0.156. The Morgan fingerprint density at radius 1 is 0.938 bits per heavy atom. The molecule has 4 heteroatoms. The molecule has 1 aromatic rings. The Labute approximate surface area is 191 Å². The first-order valence-corrected chi connectivity index (χ1v) is 12.4. The van der Waals surface area contributed by atoms with E-state index in [1.165, 1.54) is 18.4 Å². The fraction of sp³-hybridized carbons (Fsp3) is 0.643. The number of esters is 2.